The van der Waals surface area contributed by atoms with E-state index in [9.17, 15) is 4.79 Å². The monoisotopic (exact) mass is 203 g/mol. The summed E-state index contributed by atoms with van der Waals surface area (Å²) in [4.78, 5) is 13.0. The number of nitrogens with one attached hydrogen (secondary N) is 1. The fraction of sp³-hybridized carbons (Fsp3) is 0.889. The number of nitrogens with zero attached hydrogens (tertiary/aromatic N) is 1. The first-order chi connectivity index (χ1) is 6.61. The lowest BCUT2D eigenvalue weighted by atomic mass is 10.1. The predicted molar refractivity (Wildman–Crippen MR) is 55.5 cm³/mol. The van der Waals surface area contributed by atoms with Crippen molar-refractivity contribution in [3.05, 3.63) is 0 Å². The molecule has 0 aliphatic heterocycles. The standard InChI is InChI=1S/C9H21N3O2/c1-8(4-5-9(13)11-10)12(2)6-7-14-3/h8H,4-7,10H2,1-3H3,(H,11,13). The Bertz CT molecular complexity index is 164. The molecule has 0 rings (SSSR count). The van der Waals surface area contributed by atoms with Crippen LogP contribution in [0.4, 0.5) is 0 Å². The minimum Gasteiger partial charge on any atom is -0.383 e. The molecule has 0 aromatic rings. The summed E-state index contributed by atoms with van der Waals surface area (Å²) in [6.07, 6.45) is 1.28. The van der Waals surface area contributed by atoms with E-state index in [0.29, 0.717) is 19.1 Å². The van der Waals surface area contributed by atoms with E-state index < -0.39 is 0 Å². The normalized spacial score (nSPS) is 12.9. The van der Waals surface area contributed by atoms with Gasteiger partial charge >= 0.3 is 0 Å². The number of amides is 1. The maximum absolute atomic E-state index is 10.9. The van der Waals surface area contributed by atoms with Crippen molar-refractivity contribution in [3.63, 3.8) is 0 Å². The summed E-state index contributed by atoms with van der Waals surface area (Å²) in [5, 5.41) is 0. The molecular weight excluding hydrogens is 182 g/mol. The van der Waals surface area contributed by atoms with E-state index in [1.807, 2.05) is 7.05 Å². The van der Waals surface area contributed by atoms with Gasteiger partial charge in [0.1, 0.15) is 0 Å². The lowest BCUT2D eigenvalue weighted by molar-refractivity contribution is -0.121. The second kappa shape index (κ2) is 7.73. The highest BCUT2D eigenvalue weighted by Crippen LogP contribution is 2.03. The maximum atomic E-state index is 10.9. The third-order valence-corrected chi connectivity index (χ3v) is 2.35. The first-order valence-electron chi connectivity index (χ1n) is 4.80. The molecule has 0 bridgehead atoms. The second-order valence-electron chi connectivity index (χ2n) is 3.43. The van der Waals surface area contributed by atoms with E-state index in [2.05, 4.69) is 17.2 Å². The van der Waals surface area contributed by atoms with Gasteiger partial charge in [0.15, 0.2) is 0 Å². The van der Waals surface area contributed by atoms with Gasteiger partial charge in [-0.25, -0.2) is 5.84 Å². The van der Waals surface area contributed by atoms with E-state index in [-0.39, 0.29) is 5.91 Å². The Morgan fingerprint density at radius 1 is 1.64 bits per heavy atom. The van der Waals surface area contributed by atoms with Gasteiger partial charge in [-0.15, -0.1) is 0 Å². The van der Waals surface area contributed by atoms with Crippen molar-refractivity contribution in [3.8, 4) is 0 Å². The van der Waals surface area contributed by atoms with Crippen molar-refractivity contribution in [2.45, 2.75) is 25.8 Å². The lowest BCUT2D eigenvalue weighted by Crippen LogP contribution is -2.35. The molecular formula is C9H21N3O2. The summed E-state index contributed by atoms with van der Waals surface area (Å²) in [5.74, 6) is 4.87. The van der Waals surface area contributed by atoms with Gasteiger partial charge in [-0.2, -0.15) is 0 Å². The Labute approximate surface area is 85.6 Å². The van der Waals surface area contributed by atoms with Crippen LogP contribution in [-0.2, 0) is 9.53 Å². The number of hydrogen-bond acceptors (Lipinski definition) is 4. The van der Waals surface area contributed by atoms with Crippen LogP contribution in [0.2, 0.25) is 0 Å². The number of rotatable bonds is 7. The average molecular weight is 203 g/mol. The number of methoxy groups -OCH3 is 1. The van der Waals surface area contributed by atoms with Gasteiger partial charge in [-0.3, -0.25) is 10.2 Å². The third-order valence-electron chi connectivity index (χ3n) is 2.35. The van der Waals surface area contributed by atoms with Gasteiger partial charge in [0.2, 0.25) is 5.91 Å². The Kier molecular flexibility index (Phi) is 7.37. The topological polar surface area (TPSA) is 67.6 Å². The molecule has 0 heterocycles. The van der Waals surface area contributed by atoms with Gasteiger partial charge in [0.25, 0.3) is 0 Å². The molecule has 0 fully saturated rings. The highest BCUT2D eigenvalue weighted by atomic mass is 16.5. The minimum atomic E-state index is -0.114. The number of hydrogen-bond donors (Lipinski definition) is 2. The van der Waals surface area contributed by atoms with E-state index >= 15 is 0 Å². The highest BCUT2D eigenvalue weighted by molar-refractivity contribution is 5.75. The molecule has 5 nitrogen and oxygen atoms in total. The average Bonchev–Trinajstić information content (AvgIpc) is 2.21. The fourth-order valence-electron chi connectivity index (χ4n) is 1.09. The predicted octanol–water partition coefficient (Wildman–Crippen LogP) is -0.277. The van der Waals surface area contributed by atoms with Crippen molar-refractivity contribution in [2.24, 2.45) is 5.84 Å². The van der Waals surface area contributed by atoms with Gasteiger partial charge in [0, 0.05) is 26.1 Å². The molecule has 1 amide bonds. The number of carbonyl (C=O) groups is 1. The molecule has 1 unspecified atom stereocenters. The molecule has 0 radical (unpaired) electrons. The molecule has 0 saturated heterocycles. The molecule has 84 valence electrons. The summed E-state index contributed by atoms with van der Waals surface area (Å²) in [6.45, 7) is 3.67. The van der Waals surface area contributed by atoms with Crippen molar-refractivity contribution in [1.82, 2.24) is 10.3 Å². The van der Waals surface area contributed by atoms with Crippen molar-refractivity contribution in [1.29, 1.82) is 0 Å². The van der Waals surface area contributed by atoms with E-state index in [1.54, 1.807) is 7.11 Å². The van der Waals surface area contributed by atoms with Crippen molar-refractivity contribution < 1.29 is 9.53 Å². The molecule has 0 aliphatic rings. The second-order valence-corrected chi connectivity index (χ2v) is 3.43. The van der Waals surface area contributed by atoms with Gasteiger partial charge in [-0.1, -0.05) is 0 Å². The molecule has 5 heteroatoms. The van der Waals surface area contributed by atoms with Crippen LogP contribution in [-0.4, -0.2) is 44.2 Å². The van der Waals surface area contributed by atoms with Crippen LogP contribution in [0.3, 0.4) is 0 Å². The van der Waals surface area contributed by atoms with Gasteiger partial charge < -0.3 is 9.64 Å². The van der Waals surface area contributed by atoms with Crippen LogP contribution >= 0.6 is 0 Å². The van der Waals surface area contributed by atoms with Crippen LogP contribution in [0, 0.1) is 0 Å². The molecule has 0 aromatic carbocycles. The Balaban J connectivity index is 3.60. The van der Waals surface area contributed by atoms with Gasteiger partial charge in [0.05, 0.1) is 6.61 Å². The first kappa shape index (κ1) is 13.4. The zero-order chi connectivity index (χ0) is 11.0. The Morgan fingerprint density at radius 3 is 2.79 bits per heavy atom. The fourth-order valence-corrected chi connectivity index (χ4v) is 1.09. The highest BCUT2D eigenvalue weighted by Gasteiger charge is 2.10. The minimum absolute atomic E-state index is 0.114. The molecule has 0 spiro atoms. The number of likely N-dealkylation sites (N-methyl/N-ethyl adjacent to an activating group) is 1. The summed E-state index contributed by atoms with van der Waals surface area (Å²) in [6, 6.07) is 0.363. The molecule has 1 atom stereocenters. The van der Waals surface area contributed by atoms with Crippen molar-refractivity contribution in [2.75, 3.05) is 27.3 Å². The third kappa shape index (κ3) is 5.90. The number of ether oxygens (including phenoxy) is 1. The largest absolute Gasteiger partial charge is 0.383 e. The van der Waals surface area contributed by atoms with Crippen LogP contribution in [0.15, 0.2) is 0 Å². The zero-order valence-electron chi connectivity index (χ0n) is 9.25. The van der Waals surface area contributed by atoms with E-state index in [1.165, 1.54) is 0 Å². The molecule has 0 aromatic heterocycles. The first-order valence-corrected chi connectivity index (χ1v) is 4.80. The molecule has 14 heavy (non-hydrogen) atoms. The molecule has 0 saturated carbocycles. The van der Waals surface area contributed by atoms with Crippen LogP contribution in [0.1, 0.15) is 19.8 Å². The van der Waals surface area contributed by atoms with Gasteiger partial charge in [-0.05, 0) is 20.4 Å². The number of nitrogens with two attached hydrogens (primary N) is 1. The smallest absolute Gasteiger partial charge is 0.233 e. The number of hydrazine groups is 1. The van der Waals surface area contributed by atoms with E-state index in [4.69, 9.17) is 10.6 Å². The van der Waals surface area contributed by atoms with Crippen LogP contribution < -0.4 is 11.3 Å². The summed E-state index contributed by atoms with van der Waals surface area (Å²) in [7, 11) is 3.70. The zero-order valence-corrected chi connectivity index (χ0v) is 9.25. The molecule has 3 N–H and O–H groups in total. The summed E-state index contributed by atoms with van der Waals surface area (Å²) >= 11 is 0. The Morgan fingerprint density at radius 2 is 2.29 bits per heavy atom. The van der Waals surface area contributed by atoms with Crippen molar-refractivity contribution >= 4 is 5.91 Å². The van der Waals surface area contributed by atoms with Crippen LogP contribution in [0.5, 0.6) is 0 Å². The SMILES string of the molecule is COCCN(C)C(C)CCC(=O)NN. The maximum Gasteiger partial charge on any atom is 0.233 e. The van der Waals surface area contributed by atoms with E-state index in [0.717, 1.165) is 13.0 Å². The summed E-state index contributed by atoms with van der Waals surface area (Å²) in [5.41, 5.74) is 2.12. The number of carbonyl (C=O) groups excluding carboxylic acids is 1. The quantitative estimate of drug-likeness (QED) is 0.339. The lowest BCUT2D eigenvalue weighted by Gasteiger charge is -2.23. The molecule has 0 aliphatic carbocycles. The van der Waals surface area contributed by atoms with Crippen LogP contribution in [0.25, 0.3) is 0 Å². The Hall–Kier alpha value is -0.650. The summed E-state index contributed by atoms with van der Waals surface area (Å²) < 4.78 is 4.97.